The number of hydrogen-bond acceptors (Lipinski definition) is 1. The van der Waals surface area contributed by atoms with Gasteiger partial charge in [0.2, 0.25) is 0 Å². The lowest BCUT2D eigenvalue weighted by Crippen LogP contribution is -2.11. The fourth-order valence-corrected chi connectivity index (χ4v) is 2.06. The minimum Gasteiger partial charge on any atom is -0.343 e. The number of fused-ring (bicyclic) bond motifs is 1. The Labute approximate surface area is 84.3 Å². The smallest absolute Gasteiger partial charge is 0.0512 e. The summed E-state index contributed by atoms with van der Waals surface area (Å²) in [6.07, 6.45) is 0. The van der Waals surface area contributed by atoms with Crippen molar-refractivity contribution in [2.75, 3.05) is 6.54 Å². The number of nitrogens with two attached hydrogens (primary N) is 1. The third kappa shape index (κ3) is 1.32. The maximum atomic E-state index is 5.61. The number of rotatable bonds is 2. The van der Waals surface area contributed by atoms with Crippen molar-refractivity contribution in [1.29, 1.82) is 0 Å². The molecule has 0 atom stereocenters. The van der Waals surface area contributed by atoms with Gasteiger partial charge < -0.3 is 10.3 Å². The number of aromatic nitrogens is 1. The lowest BCUT2D eigenvalue weighted by molar-refractivity contribution is 0.714. The van der Waals surface area contributed by atoms with E-state index in [1.54, 1.807) is 0 Å². The highest BCUT2D eigenvalue weighted by Gasteiger charge is 2.06. The largest absolute Gasteiger partial charge is 0.343 e. The molecule has 14 heavy (non-hydrogen) atoms. The molecule has 0 unspecified atom stereocenters. The van der Waals surface area contributed by atoms with Crippen LogP contribution in [-0.2, 0) is 6.54 Å². The van der Waals surface area contributed by atoms with Crippen LogP contribution in [0.25, 0.3) is 10.9 Å². The molecule has 0 fully saturated rings. The van der Waals surface area contributed by atoms with E-state index < -0.39 is 0 Å². The van der Waals surface area contributed by atoms with Crippen molar-refractivity contribution in [1.82, 2.24) is 4.57 Å². The van der Waals surface area contributed by atoms with Gasteiger partial charge in [-0.1, -0.05) is 18.2 Å². The summed E-state index contributed by atoms with van der Waals surface area (Å²) in [5, 5.41) is 1.32. The van der Waals surface area contributed by atoms with Crippen molar-refractivity contribution >= 4 is 10.9 Å². The Morgan fingerprint density at radius 1 is 1.29 bits per heavy atom. The molecule has 2 N–H and O–H groups in total. The van der Waals surface area contributed by atoms with Gasteiger partial charge in [-0.3, -0.25) is 0 Å². The van der Waals surface area contributed by atoms with E-state index in [1.807, 2.05) is 0 Å². The van der Waals surface area contributed by atoms with Gasteiger partial charge in [0.1, 0.15) is 0 Å². The minimum absolute atomic E-state index is 0.693. The van der Waals surface area contributed by atoms with E-state index in [0.717, 1.165) is 6.54 Å². The van der Waals surface area contributed by atoms with Crippen LogP contribution in [0.3, 0.4) is 0 Å². The Morgan fingerprint density at radius 2 is 2.07 bits per heavy atom. The number of nitrogens with zero attached hydrogens (tertiary/aromatic N) is 1. The first kappa shape index (κ1) is 9.28. The average molecular weight is 188 g/mol. The summed E-state index contributed by atoms with van der Waals surface area (Å²) in [6, 6.07) is 8.62. The highest BCUT2D eigenvalue weighted by molar-refractivity contribution is 5.84. The van der Waals surface area contributed by atoms with E-state index in [-0.39, 0.29) is 0 Å². The third-order valence-electron chi connectivity index (χ3n) is 2.68. The zero-order valence-corrected chi connectivity index (χ0v) is 8.75. The van der Waals surface area contributed by atoms with E-state index in [1.165, 1.54) is 22.2 Å². The molecule has 0 spiro atoms. The van der Waals surface area contributed by atoms with Crippen LogP contribution in [0.15, 0.2) is 24.3 Å². The molecule has 0 amide bonds. The first-order valence-electron chi connectivity index (χ1n) is 4.99. The molecule has 2 aromatic rings. The summed E-state index contributed by atoms with van der Waals surface area (Å²) in [4.78, 5) is 0. The highest BCUT2D eigenvalue weighted by atomic mass is 15.0. The van der Waals surface area contributed by atoms with Crippen molar-refractivity contribution in [3.05, 3.63) is 35.5 Å². The first-order chi connectivity index (χ1) is 6.74. The van der Waals surface area contributed by atoms with Crippen molar-refractivity contribution in [2.24, 2.45) is 5.73 Å². The monoisotopic (exact) mass is 188 g/mol. The maximum absolute atomic E-state index is 5.61. The fourth-order valence-electron chi connectivity index (χ4n) is 2.06. The molecule has 74 valence electrons. The zero-order valence-electron chi connectivity index (χ0n) is 8.75. The fraction of sp³-hybridized carbons (Fsp3) is 0.333. The quantitative estimate of drug-likeness (QED) is 0.769. The normalized spacial score (nSPS) is 11.1. The van der Waals surface area contributed by atoms with Gasteiger partial charge in [0.25, 0.3) is 0 Å². The van der Waals surface area contributed by atoms with E-state index in [4.69, 9.17) is 5.73 Å². The molecule has 0 aliphatic carbocycles. The summed E-state index contributed by atoms with van der Waals surface area (Å²) in [5.41, 5.74) is 9.55. The molecular weight excluding hydrogens is 172 g/mol. The summed E-state index contributed by atoms with van der Waals surface area (Å²) in [7, 11) is 0. The minimum atomic E-state index is 0.693. The van der Waals surface area contributed by atoms with Crippen molar-refractivity contribution in [3.8, 4) is 0 Å². The van der Waals surface area contributed by atoms with Crippen LogP contribution in [0.4, 0.5) is 0 Å². The highest BCUT2D eigenvalue weighted by Crippen LogP contribution is 2.22. The Bertz CT molecular complexity index is 455. The second kappa shape index (κ2) is 3.46. The molecule has 0 aliphatic rings. The van der Waals surface area contributed by atoms with E-state index in [9.17, 15) is 0 Å². The SMILES string of the molecule is Cc1cccc2cc(C)n(CCN)c12. The summed E-state index contributed by atoms with van der Waals surface area (Å²) in [6.45, 7) is 5.88. The molecule has 1 heterocycles. The molecule has 2 nitrogen and oxygen atoms in total. The lowest BCUT2D eigenvalue weighted by atomic mass is 10.2. The van der Waals surface area contributed by atoms with Crippen LogP contribution in [0.1, 0.15) is 11.3 Å². The van der Waals surface area contributed by atoms with Crippen LogP contribution >= 0.6 is 0 Å². The van der Waals surface area contributed by atoms with Crippen molar-refractivity contribution in [2.45, 2.75) is 20.4 Å². The number of hydrogen-bond donors (Lipinski definition) is 1. The molecule has 2 rings (SSSR count). The second-order valence-corrected chi connectivity index (χ2v) is 3.74. The third-order valence-corrected chi connectivity index (χ3v) is 2.68. The van der Waals surface area contributed by atoms with Crippen LogP contribution < -0.4 is 5.73 Å². The Balaban J connectivity index is 2.73. The molecule has 1 aromatic heterocycles. The number of benzene rings is 1. The van der Waals surface area contributed by atoms with Crippen molar-refractivity contribution in [3.63, 3.8) is 0 Å². The standard InChI is InChI=1S/C12H16N2/c1-9-4-3-5-11-8-10(2)14(7-6-13)12(9)11/h3-5,8H,6-7,13H2,1-2H3. The van der Waals surface area contributed by atoms with Gasteiger partial charge in [0.15, 0.2) is 0 Å². The predicted molar refractivity (Wildman–Crippen MR) is 60.5 cm³/mol. The summed E-state index contributed by atoms with van der Waals surface area (Å²) < 4.78 is 2.30. The van der Waals surface area contributed by atoms with Crippen molar-refractivity contribution < 1.29 is 0 Å². The number of para-hydroxylation sites is 1. The molecule has 1 aromatic carbocycles. The number of aryl methyl sites for hydroxylation is 2. The Kier molecular flexibility index (Phi) is 2.30. The van der Waals surface area contributed by atoms with Gasteiger partial charge in [0, 0.05) is 24.2 Å². The predicted octanol–water partition coefficient (Wildman–Crippen LogP) is 2.22. The Hall–Kier alpha value is -1.28. The average Bonchev–Trinajstić information content (AvgIpc) is 2.45. The van der Waals surface area contributed by atoms with Gasteiger partial charge >= 0.3 is 0 Å². The van der Waals surface area contributed by atoms with Gasteiger partial charge in [-0.15, -0.1) is 0 Å². The van der Waals surface area contributed by atoms with Gasteiger partial charge in [-0.25, -0.2) is 0 Å². The second-order valence-electron chi connectivity index (χ2n) is 3.74. The van der Waals surface area contributed by atoms with Gasteiger partial charge in [-0.2, -0.15) is 0 Å². The molecule has 0 radical (unpaired) electrons. The van der Waals surface area contributed by atoms with E-state index in [2.05, 4.69) is 42.7 Å². The van der Waals surface area contributed by atoms with Crippen LogP contribution in [0.2, 0.25) is 0 Å². The summed E-state index contributed by atoms with van der Waals surface area (Å²) in [5.74, 6) is 0. The van der Waals surface area contributed by atoms with Crippen LogP contribution in [0, 0.1) is 13.8 Å². The Morgan fingerprint density at radius 3 is 2.79 bits per heavy atom. The molecular formula is C12H16N2. The maximum Gasteiger partial charge on any atom is 0.0512 e. The van der Waals surface area contributed by atoms with E-state index >= 15 is 0 Å². The molecule has 0 aliphatic heterocycles. The van der Waals surface area contributed by atoms with Crippen LogP contribution in [-0.4, -0.2) is 11.1 Å². The van der Waals surface area contributed by atoms with E-state index in [0.29, 0.717) is 6.54 Å². The zero-order chi connectivity index (χ0) is 10.1. The molecule has 0 saturated heterocycles. The topological polar surface area (TPSA) is 30.9 Å². The molecule has 2 heteroatoms. The first-order valence-corrected chi connectivity index (χ1v) is 4.99. The molecule has 0 bridgehead atoms. The lowest BCUT2D eigenvalue weighted by Gasteiger charge is -2.07. The summed E-state index contributed by atoms with van der Waals surface area (Å²) >= 11 is 0. The molecule has 0 saturated carbocycles. The van der Waals surface area contributed by atoms with Gasteiger partial charge in [0.05, 0.1) is 5.52 Å². The van der Waals surface area contributed by atoms with Gasteiger partial charge in [-0.05, 0) is 25.5 Å². The van der Waals surface area contributed by atoms with Crippen LogP contribution in [0.5, 0.6) is 0 Å².